The van der Waals surface area contributed by atoms with Crippen LogP contribution in [0.4, 0.5) is 4.39 Å². The predicted molar refractivity (Wildman–Crippen MR) is 75.4 cm³/mol. The molecule has 0 aliphatic carbocycles. The van der Waals surface area contributed by atoms with Crippen molar-refractivity contribution in [3.05, 3.63) is 30.1 Å². The van der Waals surface area contributed by atoms with E-state index in [2.05, 4.69) is 4.90 Å². The van der Waals surface area contributed by atoms with Gasteiger partial charge in [-0.05, 0) is 37.8 Å². The highest BCUT2D eigenvalue weighted by Crippen LogP contribution is 2.37. The summed E-state index contributed by atoms with van der Waals surface area (Å²) in [7, 11) is 1.75. The van der Waals surface area contributed by atoms with Gasteiger partial charge in [0.15, 0.2) is 11.6 Å². The van der Waals surface area contributed by atoms with Crippen LogP contribution in [0.15, 0.2) is 24.3 Å². The van der Waals surface area contributed by atoms with Crippen LogP contribution in [-0.2, 0) is 4.74 Å². The van der Waals surface area contributed by atoms with Crippen LogP contribution in [0.1, 0.15) is 25.7 Å². The molecule has 2 heterocycles. The minimum absolute atomic E-state index is 0.142. The Morgan fingerprint density at radius 1 is 1.20 bits per heavy atom. The average molecular weight is 279 g/mol. The second-order valence-electron chi connectivity index (χ2n) is 5.76. The number of ether oxygens (including phenoxy) is 2. The molecular weight excluding hydrogens is 257 g/mol. The first-order chi connectivity index (χ1) is 9.78. The van der Waals surface area contributed by atoms with Crippen LogP contribution in [0.2, 0.25) is 0 Å². The Bertz CT molecular complexity index is 440. The van der Waals surface area contributed by atoms with Gasteiger partial charge < -0.3 is 9.47 Å². The van der Waals surface area contributed by atoms with Crippen molar-refractivity contribution >= 4 is 0 Å². The smallest absolute Gasteiger partial charge is 0.165 e. The van der Waals surface area contributed by atoms with Crippen LogP contribution in [0.3, 0.4) is 0 Å². The van der Waals surface area contributed by atoms with Crippen molar-refractivity contribution in [3.8, 4) is 5.75 Å². The molecule has 0 spiro atoms. The zero-order valence-corrected chi connectivity index (χ0v) is 11.9. The third-order valence-corrected chi connectivity index (χ3v) is 4.52. The number of methoxy groups -OCH3 is 1. The predicted octanol–water partition coefficient (Wildman–Crippen LogP) is 2.85. The lowest BCUT2D eigenvalue weighted by Crippen LogP contribution is -2.47. The Balaban J connectivity index is 1.61. The van der Waals surface area contributed by atoms with E-state index in [1.165, 1.54) is 18.9 Å². The Hall–Kier alpha value is -1.13. The number of halogens is 1. The molecule has 1 aromatic rings. The molecule has 0 radical (unpaired) electrons. The third kappa shape index (κ3) is 2.81. The Kier molecular flexibility index (Phi) is 4.22. The Morgan fingerprint density at radius 2 is 1.90 bits per heavy atom. The summed E-state index contributed by atoms with van der Waals surface area (Å²) < 4.78 is 24.7. The van der Waals surface area contributed by atoms with E-state index in [-0.39, 0.29) is 11.9 Å². The molecule has 2 atom stereocenters. The fraction of sp³-hybridized carbons (Fsp3) is 0.625. The summed E-state index contributed by atoms with van der Waals surface area (Å²) in [5.41, 5.74) is 0. The number of piperidine rings is 1. The molecule has 2 fully saturated rings. The van der Waals surface area contributed by atoms with Crippen LogP contribution in [0.5, 0.6) is 5.75 Å². The Labute approximate surface area is 119 Å². The molecular formula is C16H22FNO2. The van der Waals surface area contributed by atoms with Gasteiger partial charge in [-0.2, -0.15) is 0 Å². The number of hydrogen-bond donors (Lipinski definition) is 0. The standard InChI is InChI=1S/C16H22FNO2/c1-19-9-8-18-12-6-7-13(18)11-14(10-12)20-16-5-3-2-4-15(16)17/h2-5,12-14H,6-11H2,1H3. The lowest BCUT2D eigenvalue weighted by atomic mass is 9.99. The molecule has 0 amide bonds. The maximum atomic E-state index is 13.6. The van der Waals surface area contributed by atoms with Gasteiger partial charge in [-0.15, -0.1) is 0 Å². The van der Waals surface area contributed by atoms with Crippen molar-refractivity contribution in [1.82, 2.24) is 4.90 Å². The van der Waals surface area contributed by atoms with Crippen LogP contribution in [0, 0.1) is 5.82 Å². The molecule has 20 heavy (non-hydrogen) atoms. The van der Waals surface area contributed by atoms with Crippen molar-refractivity contribution < 1.29 is 13.9 Å². The van der Waals surface area contributed by atoms with Crippen LogP contribution >= 0.6 is 0 Å². The molecule has 3 rings (SSSR count). The normalized spacial score (nSPS) is 29.6. The van der Waals surface area contributed by atoms with Crippen LogP contribution < -0.4 is 4.74 Å². The van der Waals surface area contributed by atoms with Gasteiger partial charge in [0, 0.05) is 25.7 Å². The maximum absolute atomic E-state index is 13.6. The molecule has 2 saturated heterocycles. The first-order valence-electron chi connectivity index (χ1n) is 7.44. The highest BCUT2D eigenvalue weighted by molar-refractivity contribution is 5.24. The summed E-state index contributed by atoms with van der Waals surface area (Å²) in [6, 6.07) is 7.83. The highest BCUT2D eigenvalue weighted by Gasteiger charge is 2.41. The minimum atomic E-state index is -0.262. The summed E-state index contributed by atoms with van der Waals surface area (Å²) in [5, 5.41) is 0. The van der Waals surface area contributed by atoms with E-state index in [9.17, 15) is 4.39 Å². The second-order valence-corrected chi connectivity index (χ2v) is 5.76. The number of benzene rings is 1. The average Bonchev–Trinajstić information content (AvgIpc) is 2.69. The van der Waals surface area contributed by atoms with Crippen LogP contribution in [-0.4, -0.2) is 43.3 Å². The van der Waals surface area contributed by atoms with E-state index < -0.39 is 0 Å². The summed E-state index contributed by atoms with van der Waals surface area (Å²) in [4.78, 5) is 2.55. The van der Waals surface area contributed by atoms with Gasteiger partial charge in [-0.3, -0.25) is 4.90 Å². The van der Waals surface area contributed by atoms with E-state index in [1.54, 1.807) is 19.2 Å². The van der Waals surface area contributed by atoms with Gasteiger partial charge in [0.2, 0.25) is 0 Å². The van der Waals surface area contributed by atoms with Gasteiger partial charge in [-0.25, -0.2) is 4.39 Å². The van der Waals surface area contributed by atoms with Crippen molar-refractivity contribution in [2.45, 2.75) is 43.9 Å². The quantitative estimate of drug-likeness (QED) is 0.827. The number of rotatable bonds is 5. The molecule has 0 N–H and O–H groups in total. The summed E-state index contributed by atoms with van der Waals surface area (Å²) in [5.74, 6) is 0.129. The zero-order chi connectivity index (χ0) is 13.9. The lowest BCUT2D eigenvalue weighted by Gasteiger charge is -2.38. The molecule has 110 valence electrons. The first kappa shape index (κ1) is 13.8. The fourth-order valence-corrected chi connectivity index (χ4v) is 3.60. The SMILES string of the molecule is COCCN1C2CCC1CC(Oc1ccccc1F)C2. The van der Waals surface area contributed by atoms with Crippen molar-refractivity contribution in [1.29, 1.82) is 0 Å². The van der Waals surface area contributed by atoms with E-state index in [0.717, 1.165) is 26.0 Å². The molecule has 2 unspecified atom stereocenters. The summed E-state index contributed by atoms with van der Waals surface area (Å²) in [6.07, 6.45) is 4.59. The van der Waals surface area contributed by atoms with E-state index in [4.69, 9.17) is 9.47 Å². The molecule has 2 aliphatic heterocycles. The third-order valence-electron chi connectivity index (χ3n) is 4.52. The van der Waals surface area contributed by atoms with E-state index >= 15 is 0 Å². The number of nitrogens with zero attached hydrogens (tertiary/aromatic N) is 1. The summed E-state index contributed by atoms with van der Waals surface area (Å²) >= 11 is 0. The number of fused-ring (bicyclic) bond motifs is 2. The first-order valence-corrected chi connectivity index (χ1v) is 7.44. The monoisotopic (exact) mass is 279 g/mol. The van der Waals surface area contributed by atoms with Crippen molar-refractivity contribution in [2.75, 3.05) is 20.3 Å². The highest BCUT2D eigenvalue weighted by atomic mass is 19.1. The topological polar surface area (TPSA) is 21.7 Å². The van der Waals surface area contributed by atoms with Crippen LogP contribution in [0.25, 0.3) is 0 Å². The molecule has 0 aromatic heterocycles. The van der Waals surface area contributed by atoms with Crippen molar-refractivity contribution in [2.24, 2.45) is 0 Å². The van der Waals surface area contributed by atoms with Gasteiger partial charge in [-0.1, -0.05) is 12.1 Å². The van der Waals surface area contributed by atoms with Gasteiger partial charge >= 0.3 is 0 Å². The van der Waals surface area contributed by atoms with Crippen molar-refractivity contribution in [3.63, 3.8) is 0 Å². The number of para-hydroxylation sites is 1. The molecule has 4 heteroatoms. The van der Waals surface area contributed by atoms with E-state index in [1.807, 2.05) is 6.07 Å². The molecule has 1 aromatic carbocycles. The van der Waals surface area contributed by atoms with Gasteiger partial charge in [0.05, 0.1) is 6.61 Å². The maximum Gasteiger partial charge on any atom is 0.165 e. The Morgan fingerprint density at radius 3 is 2.55 bits per heavy atom. The largest absolute Gasteiger partial charge is 0.487 e. The lowest BCUT2D eigenvalue weighted by molar-refractivity contribution is 0.0316. The summed E-state index contributed by atoms with van der Waals surface area (Å²) in [6.45, 7) is 1.78. The minimum Gasteiger partial charge on any atom is -0.487 e. The molecule has 2 aliphatic rings. The van der Waals surface area contributed by atoms with Gasteiger partial charge in [0.25, 0.3) is 0 Å². The number of hydrogen-bond acceptors (Lipinski definition) is 3. The molecule has 2 bridgehead atoms. The molecule has 3 nitrogen and oxygen atoms in total. The zero-order valence-electron chi connectivity index (χ0n) is 11.9. The second kappa shape index (κ2) is 6.10. The molecule has 0 saturated carbocycles. The van der Waals surface area contributed by atoms with Gasteiger partial charge in [0.1, 0.15) is 6.10 Å². The van der Waals surface area contributed by atoms with E-state index in [0.29, 0.717) is 17.8 Å². The fourth-order valence-electron chi connectivity index (χ4n) is 3.60.